The number of fused-ring (bicyclic) bond motifs is 1. The minimum absolute atomic E-state index is 0.00870. The number of benzene rings is 1. The number of halogens is 1. The average Bonchev–Trinajstić information content (AvgIpc) is 2.82. The number of aliphatic carboxylic acids is 1. The van der Waals surface area contributed by atoms with Crippen LogP contribution < -0.4 is 5.32 Å². The topological polar surface area (TPSA) is 82.5 Å². The summed E-state index contributed by atoms with van der Waals surface area (Å²) >= 11 is 0. The fraction of sp³-hybridized carbons (Fsp3) is 0.500. The number of carbonyl (C=O) groups is 2. The third-order valence-corrected chi connectivity index (χ3v) is 6.87. The number of rotatable bonds is 8. The van der Waals surface area contributed by atoms with E-state index in [0.717, 1.165) is 49.3 Å². The Hall–Kier alpha value is -2.96. The molecule has 2 aliphatic heterocycles. The number of aryl methyl sites for hydroxylation is 2. The molecule has 6 nitrogen and oxygen atoms in total. The number of piperidine rings is 1. The molecule has 0 radical (unpaired) electrons. The van der Waals surface area contributed by atoms with Gasteiger partial charge in [-0.1, -0.05) is 18.2 Å². The number of anilines is 1. The summed E-state index contributed by atoms with van der Waals surface area (Å²) in [6, 6.07) is 10.4. The maximum absolute atomic E-state index is 13.7. The molecule has 0 unspecified atom stereocenters. The Balaban J connectivity index is 1.27. The van der Waals surface area contributed by atoms with Crippen LogP contribution in [-0.2, 0) is 22.4 Å². The summed E-state index contributed by atoms with van der Waals surface area (Å²) in [5.74, 6) is 0.00827. The van der Waals surface area contributed by atoms with Gasteiger partial charge in [-0.05, 0) is 79.7 Å². The van der Waals surface area contributed by atoms with Crippen molar-refractivity contribution < 1.29 is 19.1 Å². The van der Waals surface area contributed by atoms with Gasteiger partial charge in [-0.2, -0.15) is 0 Å². The Morgan fingerprint density at radius 3 is 2.79 bits per heavy atom. The minimum atomic E-state index is -0.872. The van der Waals surface area contributed by atoms with Gasteiger partial charge in [0.2, 0.25) is 5.91 Å². The fourth-order valence-corrected chi connectivity index (χ4v) is 5.03. The highest BCUT2D eigenvalue weighted by molar-refractivity contribution is 5.76. The van der Waals surface area contributed by atoms with Gasteiger partial charge in [0.05, 0.1) is 6.42 Å². The summed E-state index contributed by atoms with van der Waals surface area (Å²) in [7, 11) is 0. The van der Waals surface area contributed by atoms with Crippen LogP contribution in [0.4, 0.5) is 10.2 Å². The van der Waals surface area contributed by atoms with Crippen molar-refractivity contribution in [3.63, 3.8) is 0 Å². The largest absolute Gasteiger partial charge is 0.481 e. The van der Waals surface area contributed by atoms with Crippen molar-refractivity contribution in [2.45, 2.75) is 57.3 Å². The lowest BCUT2D eigenvalue weighted by atomic mass is 9.82. The normalized spacial score (nSPS) is 17.2. The quantitative estimate of drug-likeness (QED) is 0.619. The van der Waals surface area contributed by atoms with Crippen LogP contribution in [0.3, 0.4) is 0 Å². The number of carboxylic acid groups (broad SMARTS) is 1. The monoisotopic (exact) mass is 453 g/mol. The van der Waals surface area contributed by atoms with Crippen molar-refractivity contribution in [1.82, 2.24) is 9.88 Å². The van der Waals surface area contributed by atoms with E-state index in [9.17, 15) is 19.1 Å². The van der Waals surface area contributed by atoms with Gasteiger partial charge in [0, 0.05) is 31.7 Å². The van der Waals surface area contributed by atoms with Gasteiger partial charge in [0.15, 0.2) is 0 Å². The Kier molecular flexibility index (Phi) is 7.57. The van der Waals surface area contributed by atoms with Gasteiger partial charge >= 0.3 is 5.97 Å². The smallest absolute Gasteiger partial charge is 0.303 e. The van der Waals surface area contributed by atoms with E-state index in [1.54, 1.807) is 12.1 Å². The van der Waals surface area contributed by atoms with Crippen LogP contribution in [0.1, 0.15) is 61.3 Å². The van der Waals surface area contributed by atoms with Crippen LogP contribution in [0.5, 0.6) is 0 Å². The van der Waals surface area contributed by atoms with E-state index in [1.807, 2.05) is 11.0 Å². The number of likely N-dealkylation sites (tertiary alicyclic amines) is 1. The van der Waals surface area contributed by atoms with Gasteiger partial charge in [0.25, 0.3) is 0 Å². The molecule has 1 aromatic heterocycles. The van der Waals surface area contributed by atoms with Crippen molar-refractivity contribution >= 4 is 17.7 Å². The first-order valence-electron chi connectivity index (χ1n) is 12.0. The first-order valence-corrected chi connectivity index (χ1v) is 12.0. The highest BCUT2D eigenvalue weighted by Gasteiger charge is 2.27. The molecule has 3 heterocycles. The standard InChI is InChI=1S/C26H32FN3O3/c27-22-5-1-3-20(16-22)21(17-25(32)33)15-18-10-13-30(14-11-18)24(31)9-8-23-7-6-19-4-2-12-28-26(19)29-23/h1,3,5-7,16,18,21H,2,4,8-15,17H2,(H,28,29)(H,32,33)/t21-/m1/s1. The second-order valence-corrected chi connectivity index (χ2v) is 9.25. The first kappa shape index (κ1) is 23.2. The van der Waals surface area contributed by atoms with Gasteiger partial charge in [0.1, 0.15) is 11.6 Å². The summed E-state index contributed by atoms with van der Waals surface area (Å²) in [4.78, 5) is 30.7. The molecular formula is C26H32FN3O3. The van der Waals surface area contributed by atoms with Crippen LogP contribution in [0.15, 0.2) is 36.4 Å². The van der Waals surface area contributed by atoms with E-state index in [-0.39, 0.29) is 24.1 Å². The van der Waals surface area contributed by atoms with Gasteiger partial charge in [-0.15, -0.1) is 0 Å². The SMILES string of the molecule is O=C(O)C[C@@H](CC1CCN(C(=O)CCc2ccc3c(n2)NCCC3)CC1)c1cccc(F)c1. The Bertz CT molecular complexity index is 988. The van der Waals surface area contributed by atoms with Crippen molar-refractivity contribution in [3.8, 4) is 0 Å². The van der Waals surface area contributed by atoms with Crippen molar-refractivity contribution in [2.24, 2.45) is 5.92 Å². The maximum atomic E-state index is 13.7. The lowest BCUT2D eigenvalue weighted by molar-refractivity contribution is -0.137. The van der Waals surface area contributed by atoms with Gasteiger partial charge in [-0.25, -0.2) is 9.37 Å². The van der Waals surface area contributed by atoms with E-state index >= 15 is 0 Å². The number of carboxylic acids is 1. The number of nitrogens with zero attached hydrogens (tertiary/aromatic N) is 2. The lowest BCUT2D eigenvalue weighted by Gasteiger charge is -2.33. The van der Waals surface area contributed by atoms with E-state index in [0.29, 0.717) is 38.3 Å². The molecule has 1 atom stereocenters. The van der Waals surface area contributed by atoms with Crippen LogP contribution in [-0.4, -0.2) is 46.5 Å². The fourth-order valence-electron chi connectivity index (χ4n) is 5.03. The summed E-state index contributed by atoms with van der Waals surface area (Å²) in [5.41, 5.74) is 2.93. The number of nitrogens with one attached hydrogen (secondary N) is 1. The van der Waals surface area contributed by atoms with Crippen LogP contribution in [0, 0.1) is 11.7 Å². The number of pyridine rings is 1. The molecule has 2 aromatic rings. The van der Waals surface area contributed by atoms with E-state index in [2.05, 4.69) is 16.4 Å². The Morgan fingerprint density at radius 1 is 1.21 bits per heavy atom. The molecule has 0 saturated carbocycles. The second-order valence-electron chi connectivity index (χ2n) is 9.25. The number of hydrogen-bond acceptors (Lipinski definition) is 4. The third kappa shape index (κ3) is 6.30. The predicted molar refractivity (Wildman–Crippen MR) is 125 cm³/mol. The van der Waals surface area contributed by atoms with E-state index in [1.165, 1.54) is 17.7 Å². The zero-order valence-corrected chi connectivity index (χ0v) is 18.9. The minimum Gasteiger partial charge on any atom is -0.481 e. The van der Waals surface area contributed by atoms with Crippen molar-refractivity contribution in [3.05, 3.63) is 59.0 Å². The molecule has 1 fully saturated rings. The van der Waals surface area contributed by atoms with Crippen LogP contribution in [0.2, 0.25) is 0 Å². The molecule has 1 aromatic carbocycles. The molecular weight excluding hydrogens is 421 g/mol. The molecule has 0 bridgehead atoms. The highest BCUT2D eigenvalue weighted by atomic mass is 19.1. The van der Waals surface area contributed by atoms with E-state index < -0.39 is 5.97 Å². The molecule has 33 heavy (non-hydrogen) atoms. The molecule has 7 heteroatoms. The molecule has 0 spiro atoms. The maximum Gasteiger partial charge on any atom is 0.303 e. The summed E-state index contributed by atoms with van der Waals surface area (Å²) in [6.45, 7) is 2.32. The Labute approximate surface area is 194 Å². The molecule has 2 aliphatic rings. The molecule has 176 valence electrons. The molecule has 2 N–H and O–H groups in total. The number of hydrogen-bond donors (Lipinski definition) is 2. The van der Waals surface area contributed by atoms with Gasteiger partial charge in [-0.3, -0.25) is 9.59 Å². The molecule has 0 aliphatic carbocycles. The third-order valence-electron chi connectivity index (χ3n) is 6.87. The van der Waals surface area contributed by atoms with E-state index in [4.69, 9.17) is 0 Å². The average molecular weight is 454 g/mol. The number of carbonyl (C=O) groups excluding carboxylic acids is 1. The zero-order chi connectivity index (χ0) is 23.2. The molecule has 4 rings (SSSR count). The Morgan fingerprint density at radius 2 is 2.03 bits per heavy atom. The summed E-state index contributed by atoms with van der Waals surface area (Å²) in [6.07, 6.45) is 5.64. The van der Waals surface area contributed by atoms with Crippen LogP contribution >= 0.6 is 0 Å². The van der Waals surface area contributed by atoms with Crippen molar-refractivity contribution in [1.29, 1.82) is 0 Å². The zero-order valence-electron chi connectivity index (χ0n) is 18.9. The lowest BCUT2D eigenvalue weighted by Crippen LogP contribution is -2.39. The highest BCUT2D eigenvalue weighted by Crippen LogP contribution is 2.33. The summed E-state index contributed by atoms with van der Waals surface area (Å²) in [5, 5.41) is 12.7. The molecule has 1 amide bonds. The molecule has 1 saturated heterocycles. The first-order chi connectivity index (χ1) is 16.0. The van der Waals surface area contributed by atoms with Crippen molar-refractivity contribution in [2.75, 3.05) is 25.0 Å². The van der Waals surface area contributed by atoms with Gasteiger partial charge < -0.3 is 15.3 Å². The second kappa shape index (κ2) is 10.8. The summed E-state index contributed by atoms with van der Waals surface area (Å²) < 4.78 is 13.7. The number of aromatic nitrogens is 1. The number of amides is 1. The van der Waals surface area contributed by atoms with Crippen LogP contribution in [0.25, 0.3) is 0 Å². The predicted octanol–water partition coefficient (Wildman–Crippen LogP) is 4.40.